The molecule has 0 unspecified atom stereocenters. The summed E-state index contributed by atoms with van der Waals surface area (Å²) >= 11 is 6.05. The predicted molar refractivity (Wildman–Crippen MR) is 99.3 cm³/mol. The summed E-state index contributed by atoms with van der Waals surface area (Å²) in [6.45, 7) is 0.748. The summed E-state index contributed by atoms with van der Waals surface area (Å²) in [5.41, 5.74) is 1.27. The lowest BCUT2D eigenvalue weighted by atomic mass is 10.2. The molecule has 4 nitrogen and oxygen atoms in total. The van der Waals surface area contributed by atoms with Crippen LogP contribution in [0, 0.1) is 5.82 Å². The van der Waals surface area contributed by atoms with Gasteiger partial charge in [-0.1, -0.05) is 35.9 Å². The Bertz CT molecular complexity index is 869. The molecule has 0 aliphatic rings. The van der Waals surface area contributed by atoms with Crippen molar-refractivity contribution >= 4 is 11.6 Å². The number of methoxy groups -OCH3 is 1. The third-order valence-electron chi connectivity index (χ3n) is 3.80. The molecule has 2 aromatic carbocycles. The van der Waals surface area contributed by atoms with E-state index in [2.05, 4.69) is 10.3 Å². The molecule has 0 radical (unpaired) electrons. The molecular formula is C20H18ClFN2O2. The van der Waals surface area contributed by atoms with Crippen molar-refractivity contribution in [2.45, 2.75) is 13.1 Å². The number of hydrogen-bond donors (Lipinski definition) is 1. The number of rotatable bonds is 7. The maximum absolute atomic E-state index is 13.9. The Morgan fingerprint density at radius 1 is 1.00 bits per heavy atom. The quantitative estimate of drug-likeness (QED) is 0.636. The van der Waals surface area contributed by atoms with Crippen LogP contribution in [0.25, 0.3) is 0 Å². The van der Waals surface area contributed by atoms with Crippen molar-refractivity contribution in [3.8, 4) is 17.4 Å². The molecule has 1 aromatic heterocycles. The van der Waals surface area contributed by atoms with E-state index in [0.717, 1.165) is 5.56 Å². The van der Waals surface area contributed by atoms with Crippen LogP contribution in [0.1, 0.15) is 11.1 Å². The van der Waals surface area contributed by atoms with Crippen molar-refractivity contribution < 1.29 is 13.9 Å². The van der Waals surface area contributed by atoms with E-state index >= 15 is 0 Å². The van der Waals surface area contributed by atoms with Crippen LogP contribution in [0.5, 0.6) is 17.4 Å². The fraction of sp³-hybridized carbons (Fsp3) is 0.150. The first-order valence-corrected chi connectivity index (χ1v) is 8.45. The van der Waals surface area contributed by atoms with Gasteiger partial charge >= 0.3 is 0 Å². The Hall–Kier alpha value is -2.63. The molecule has 1 N–H and O–H groups in total. The second-order valence-corrected chi connectivity index (χ2v) is 5.93. The molecule has 0 saturated heterocycles. The first-order valence-electron chi connectivity index (χ1n) is 8.07. The highest BCUT2D eigenvalue weighted by atomic mass is 35.5. The average molecular weight is 373 g/mol. The van der Waals surface area contributed by atoms with Crippen molar-refractivity contribution in [3.05, 3.63) is 82.8 Å². The summed E-state index contributed by atoms with van der Waals surface area (Å²) in [7, 11) is 1.58. The van der Waals surface area contributed by atoms with Crippen LogP contribution < -0.4 is 14.8 Å². The standard InChI is InChI=1S/C20H18ClFN2O2/c1-25-18-9-2-3-10-19(18)26-20-14(6-5-11-24-20)12-23-13-15-16(21)7-4-8-17(15)22/h2-11,23H,12-13H2,1H3. The van der Waals surface area contributed by atoms with Gasteiger partial charge in [-0.25, -0.2) is 9.37 Å². The summed E-state index contributed by atoms with van der Waals surface area (Å²) in [6.07, 6.45) is 1.65. The van der Waals surface area contributed by atoms with Crippen LogP contribution in [0.15, 0.2) is 60.8 Å². The van der Waals surface area contributed by atoms with E-state index in [1.807, 2.05) is 36.4 Å². The van der Waals surface area contributed by atoms with Crippen LogP contribution in [-0.2, 0) is 13.1 Å². The minimum atomic E-state index is -0.332. The van der Waals surface area contributed by atoms with Crippen LogP contribution >= 0.6 is 11.6 Å². The molecule has 0 fully saturated rings. The lowest BCUT2D eigenvalue weighted by Gasteiger charge is -2.13. The number of aromatic nitrogens is 1. The Labute approximate surface area is 156 Å². The smallest absolute Gasteiger partial charge is 0.223 e. The van der Waals surface area contributed by atoms with Crippen molar-refractivity contribution in [2.75, 3.05) is 7.11 Å². The summed E-state index contributed by atoms with van der Waals surface area (Å²) in [4.78, 5) is 4.29. The van der Waals surface area contributed by atoms with Gasteiger partial charge in [-0.15, -0.1) is 0 Å². The molecule has 134 valence electrons. The Morgan fingerprint density at radius 2 is 1.81 bits per heavy atom. The van der Waals surface area contributed by atoms with Crippen LogP contribution in [0.4, 0.5) is 4.39 Å². The van der Waals surface area contributed by atoms with Gasteiger partial charge < -0.3 is 14.8 Å². The minimum absolute atomic E-state index is 0.300. The highest BCUT2D eigenvalue weighted by Gasteiger charge is 2.11. The second-order valence-electron chi connectivity index (χ2n) is 5.52. The van der Waals surface area contributed by atoms with Crippen molar-refractivity contribution in [3.63, 3.8) is 0 Å². The zero-order valence-electron chi connectivity index (χ0n) is 14.2. The minimum Gasteiger partial charge on any atom is -0.493 e. The number of hydrogen-bond acceptors (Lipinski definition) is 4. The largest absolute Gasteiger partial charge is 0.493 e. The predicted octanol–water partition coefficient (Wildman–Crippen LogP) is 4.96. The lowest BCUT2D eigenvalue weighted by molar-refractivity contribution is 0.372. The Kier molecular flexibility index (Phi) is 6.04. The molecule has 0 saturated carbocycles. The molecule has 0 bridgehead atoms. The molecule has 0 amide bonds. The molecule has 0 atom stereocenters. The Morgan fingerprint density at radius 3 is 2.58 bits per heavy atom. The fourth-order valence-electron chi connectivity index (χ4n) is 2.48. The van der Waals surface area contributed by atoms with Crippen LogP contribution in [-0.4, -0.2) is 12.1 Å². The summed E-state index contributed by atoms with van der Waals surface area (Å²) in [5, 5.41) is 3.58. The third-order valence-corrected chi connectivity index (χ3v) is 4.16. The molecule has 0 aliphatic carbocycles. The molecular weight excluding hydrogens is 355 g/mol. The summed E-state index contributed by atoms with van der Waals surface area (Å²) in [6, 6.07) is 15.7. The first-order chi connectivity index (χ1) is 12.7. The van der Waals surface area contributed by atoms with Crippen molar-refractivity contribution in [1.82, 2.24) is 10.3 Å². The number of para-hydroxylation sites is 2. The number of ether oxygens (including phenoxy) is 2. The maximum Gasteiger partial charge on any atom is 0.223 e. The number of nitrogens with one attached hydrogen (secondary N) is 1. The molecule has 0 spiro atoms. The van der Waals surface area contributed by atoms with E-state index in [1.165, 1.54) is 6.07 Å². The highest BCUT2D eigenvalue weighted by Crippen LogP contribution is 2.31. The molecule has 26 heavy (non-hydrogen) atoms. The van der Waals surface area contributed by atoms with Crippen molar-refractivity contribution in [2.24, 2.45) is 0 Å². The number of halogens is 2. The zero-order chi connectivity index (χ0) is 18.4. The summed E-state index contributed by atoms with van der Waals surface area (Å²) in [5.74, 6) is 1.33. The molecule has 1 heterocycles. The topological polar surface area (TPSA) is 43.4 Å². The van der Waals surface area contributed by atoms with E-state index in [0.29, 0.717) is 41.1 Å². The number of benzene rings is 2. The first kappa shape index (κ1) is 18.2. The van der Waals surface area contributed by atoms with E-state index in [1.54, 1.807) is 25.4 Å². The highest BCUT2D eigenvalue weighted by molar-refractivity contribution is 6.31. The van der Waals surface area contributed by atoms with Crippen LogP contribution in [0.2, 0.25) is 5.02 Å². The molecule has 3 aromatic rings. The molecule has 0 aliphatic heterocycles. The summed E-state index contributed by atoms with van der Waals surface area (Å²) < 4.78 is 25.1. The van der Waals surface area contributed by atoms with Gasteiger partial charge in [-0.2, -0.15) is 0 Å². The van der Waals surface area contributed by atoms with Crippen molar-refractivity contribution in [1.29, 1.82) is 0 Å². The van der Waals surface area contributed by atoms with Gasteiger partial charge in [0.15, 0.2) is 11.5 Å². The monoisotopic (exact) mass is 372 g/mol. The molecule has 6 heteroatoms. The van der Waals surface area contributed by atoms with E-state index in [4.69, 9.17) is 21.1 Å². The zero-order valence-corrected chi connectivity index (χ0v) is 15.0. The van der Waals surface area contributed by atoms with E-state index in [9.17, 15) is 4.39 Å². The van der Waals surface area contributed by atoms with E-state index < -0.39 is 0 Å². The third kappa shape index (κ3) is 4.31. The van der Waals surface area contributed by atoms with Gasteiger partial charge in [0.1, 0.15) is 5.82 Å². The average Bonchev–Trinajstić information content (AvgIpc) is 2.66. The second kappa shape index (κ2) is 8.65. The van der Waals surface area contributed by atoms with Gasteiger partial charge in [-0.3, -0.25) is 0 Å². The fourth-order valence-corrected chi connectivity index (χ4v) is 2.71. The van der Waals surface area contributed by atoms with E-state index in [-0.39, 0.29) is 5.82 Å². The number of nitrogens with zero attached hydrogens (tertiary/aromatic N) is 1. The van der Waals surface area contributed by atoms with Gasteiger partial charge in [0, 0.05) is 35.4 Å². The Balaban J connectivity index is 1.71. The SMILES string of the molecule is COc1ccccc1Oc1ncccc1CNCc1c(F)cccc1Cl. The van der Waals surface area contributed by atoms with Gasteiger partial charge in [0.2, 0.25) is 5.88 Å². The lowest BCUT2D eigenvalue weighted by Crippen LogP contribution is -2.15. The molecule has 3 rings (SSSR count). The number of pyridine rings is 1. The van der Waals surface area contributed by atoms with Gasteiger partial charge in [0.25, 0.3) is 0 Å². The van der Waals surface area contributed by atoms with Gasteiger partial charge in [0.05, 0.1) is 7.11 Å². The maximum atomic E-state index is 13.9. The normalized spacial score (nSPS) is 10.6. The van der Waals surface area contributed by atoms with Gasteiger partial charge in [-0.05, 0) is 30.3 Å². The van der Waals surface area contributed by atoms with Crippen LogP contribution in [0.3, 0.4) is 0 Å².